The van der Waals surface area contributed by atoms with E-state index in [-0.39, 0.29) is 28.7 Å². The Morgan fingerprint density at radius 3 is 2.10 bits per heavy atom. The first-order chi connectivity index (χ1) is 14.9. The maximum absolute atomic E-state index is 12.7. The smallest absolute Gasteiger partial charge is 0.251 e. The van der Waals surface area contributed by atoms with Gasteiger partial charge in [-0.2, -0.15) is 4.31 Å². The van der Waals surface area contributed by atoms with E-state index in [1.165, 1.54) is 22.9 Å². The molecule has 1 aromatic rings. The van der Waals surface area contributed by atoms with Gasteiger partial charge in [-0.3, -0.25) is 9.59 Å². The lowest BCUT2D eigenvalue weighted by Crippen LogP contribution is -2.48. The van der Waals surface area contributed by atoms with Gasteiger partial charge in [0.1, 0.15) is 0 Å². The number of nitrogens with one attached hydrogen (secondary N) is 1. The average molecular weight is 450 g/mol. The van der Waals surface area contributed by atoms with Crippen molar-refractivity contribution < 1.29 is 18.0 Å². The molecule has 3 rings (SSSR count). The molecule has 1 saturated heterocycles. The summed E-state index contributed by atoms with van der Waals surface area (Å²) in [7, 11) is -3.53. The molecule has 172 valence electrons. The first-order valence-electron chi connectivity index (χ1n) is 11.6. The summed E-state index contributed by atoms with van der Waals surface area (Å²) >= 11 is 0. The minimum absolute atomic E-state index is 0.0296. The molecular formula is C23H35N3O4S. The van der Waals surface area contributed by atoms with Crippen molar-refractivity contribution in [3.8, 4) is 0 Å². The number of carbonyl (C=O) groups excluding carboxylic acids is 2. The van der Waals surface area contributed by atoms with E-state index >= 15 is 0 Å². The van der Waals surface area contributed by atoms with E-state index in [4.69, 9.17) is 0 Å². The molecule has 0 unspecified atom stereocenters. The first-order valence-corrected chi connectivity index (χ1v) is 13.0. The molecule has 1 saturated carbocycles. The highest BCUT2D eigenvalue weighted by atomic mass is 32.2. The molecule has 0 aromatic heterocycles. The highest BCUT2D eigenvalue weighted by molar-refractivity contribution is 7.89. The largest absolute Gasteiger partial charge is 0.349 e. The Kier molecular flexibility index (Phi) is 8.11. The Hall–Kier alpha value is -1.93. The standard InChI is InChI=1S/C23H35N3O4S/c1-3-26(4-2)31(29,30)21-12-10-18(11-13-21)22(27)24-20-14-16-25(17-15-20)23(28)19-8-6-5-7-9-19/h10-13,19-20H,3-9,14-17H2,1-2H3,(H,24,27). The van der Waals surface area contributed by atoms with Crippen molar-refractivity contribution in [3.05, 3.63) is 29.8 Å². The topological polar surface area (TPSA) is 86.8 Å². The van der Waals surface area contributed by atoms with Gasteiger partial charge in [0.2, 0.25) is 15.9 Å². The maximum Gasteiger partial charge on any atom is 0.251 e. The van der Waals surface area contributed by atoms with Crippen molar-refractivity contribution in [2.45, 2.75) is 69.7 Å². The fourth-order valence-corrected chi connectivity index (χ4v) is 6.07. The number of piperidine rings is 1. The van der Waals surface area contributed by atoms with E-state index < -0.39 is 10.0 Å². The summed E-state index contributed by atoms with van der Waals surface area (Å²) in [6.45, 7) is 5.78. The highest BCUT2D eigenvalue weighted by Crippen LogP contribution is 2.26. The van der Waals surface area contributed by atoms with E-state index in [1.807, 2.05) is 4.90 Å². The van der Waals surface area contributed by atoms with Gasteiger partial charge in [-0.15, -0.1) is 0 Å². The first kappa shape index (κ1) is 23.7. The summed E-state index contributed by atoms with van der Waals surface area (Å²) in [5, 5.41) is 3.04. The summed E-state index contributed by atoms with van der Waals surface area (Å²) in [6, 6.07) is 6.14. The van der Waals surface area contributed by atoms with E-state index in [2.05, 4.69) is 5.32 Å². The molecule has 7 nitrogen and oxygen atoms in total. The van der Waals surface area contributed by atoms with Crippen LogP contribution in [0.2, 0.25) is 0 Å². The van der Waals surface area contributed by atoms with Crippen molar-refractivity contribution in [3.63, 3.8) is 0 Å². The molecule has 1 aromatic carbocycles. The Bertz CT molecular complexity index is 851. The zero-order valence-electron chi connectivity index (χ0n) is 18.7. The third kappa shape index (κ3) is 5.66. The van der Waals surface area contributed by atoms with Crippen molar-refractivity contribution in [2.24, 2.45) is 5.92 Å². The predicted molar refractivity (Wildman–Crippen MR) is 120 cm³/mol. The molecule has 0 spiro atoms. The molecule has 0 bridgehead atoms. The zero-order chi connectivity index (χ0) is 22.4. The van der Waals surface area contributed by atoms with Gasteiger partial charge in [0.05, 0.1) is 4.90 Å². The number of likely N-dealkylation sites (tertiary alicyclic amines) is 1. The molecule has 2 fully saturated rings. The number of nitrogens with zero attached hydrogens (tertiary/aromatic N) is 2. The second-order valence-corrected chi connectivity index (χ2v) is 10.5. The molecule has 8 heteroatoms. The van der Waals surface area contributed by atoms with Crippen LogP contribution in [-0.2, 0) is 14.8 Å². The molecule has 31 heavy (non-hydrogen) atoms. The lowest BCUT2D eigenvalue weighted by atomic mass is 9.87. The predicted octanol–water partition coefficient (Wildman–Crippen LogP) is 3.02. The fourth-order valence-electron chi connectivity index (χ4n) is 4.61. The highest BCUT2D eigenvalue weighted by Gasteiger charge is 2.29. The Morgan fingerprint density at radius 2 is 1.55 bits per heavy atom. The SMILES string of the molecule is CCN(CC)S(=O)(=O)c1ccc(C(=O)NC2CCN(C(=O)C3CCCCC3)CC2)cc1. The van der Waals surface area contributed by atoms with E-state index in [9.17, 15) is 18.0 Å². The summed E-state index contributed by atoms with van der Waals surface area (Å²) in [6.07, 6.45) is 7.05. The minimum atomic E-state index is -3.53. The van der Waals surface area contributed by atoms with Crippen LogP contribution in [0.3, 0.4) is 0 Å². The molecule has 1 N–H and O–H groups in total. The van der Waals surface area contributed by atoms with Crippen LogP contribution >= 0.6 is 0 Å². The normalized spacial score (nSPS) is 18.9. The lowest BCUT2D eigenvalue weighted by Gasteiger charge is -2.35. The number of benzene rings is 1. The molecular weight excluding hydrogens is 414 g/mol. The van der Waals surface area contributed by atoms with Crippen molar-refractivity contribution in [1.29, 1.82) is 0 Å². The molecule has 2 amide bonds. The van der Waals surface area contributed by atoms with Crippen LogP contribution in [0, 0.1) is 5.92 Å². The third-order valence-electron chi connectivity index (χ3n) is 6.56. The number of amides is 2. The van der Waals surface area contributed by atoms with Gasteiger partial charge in [-0.25, -0.2) is 8.42 Å². The van der Waals surface area contributed by atoms with Gasteiger partial charge in [0.15, 0.2) is 0 Å². The molecule has 0 atom stereocenters. The van der Waals surface area contributed by atoms with E-state index in [0.29, 0.717) is 31.7 Å². The van der Waals surface area contributed by atoms with Crippen molar-refractivity contribution >= 4 is 21.8 Å². The van der Waals surface area contributed by atoms with Gasteiger partial charge < -0.3 is 10.2 Å². The van der Waals surface area contributed by atoms with Gasteiger partial charge in [-0.1, -0.05) is 33.1 Å². The van der Waals surface area contributed by atoms with Gasteiger partial charge >= 0.3 is 0 Å². The summed E-state index contributed by atoms with van der Waals surface area (Å²) < 4.78 is 26.6. The maximum atomic E-state index is 12.7. The van der Waals surface area contributed by atoms with Crippen LogP contribution in [-0.4, -0.2) is 61.7 Å². The number of carbonyl (C=O) groups is 2. The van der Waals surface area contributed by atoms with Crippen LogP contribution in [0.15, 0.2) is 29.2 Å². The average Bonchev–Trinajstić information content (AvgIpc) is 2.80. The molecule has 1 aliphatic heterocycles. The summed E-state index contributed by atoms with van der Waals surface area (Å²) in [4.78, 5) is 27.5. The van der Waals surface area contributed by atoms with Crippen LogP contribution < -0.4 is 5.32 Å². The van der Waals surface area contributed by atoms with E-state index in [1.54, 1.807) is 26.0 Å². The van der Waals surface area contributed by atoms with Crippen molar-refractivity contribution in [1.82, 2.24) is 14.5 Å². The Morgan fingerprint density at radius 1 is 0.968 bits per heavy atom. The third-order valence-corrected chi connectivity index (χ3v) is 8.62. The number of sulfonamides is 1. The van der Waals surface area contributed by atoms with Gasteiger partial charge in [0, 0.05) is 43.7 Å². The van der Waals surface area contributed by atoms with Gasteiger partial charge in [-0.05, 0) is 49.9 Å². The number of hydrogen-bond acceptors (Lipinski definition) is 4. The van der Waals surface area contributed by atoms with Crippen LogP contribution in [0.1, 0.15) is 69.2 Å². The molecule has 2 aliphatic rings. The lowest BCUT2D eigenvalue weighted by molar-refractivity contribution is -0.137. The molecule has 1 heterocycles. The zero-order valence-corrected chi connectivity index (χ0v) is 19.5. The molecule has 0 radical (unpaired) electrons. The van der Waals surface area contributed by atoms with E-state index in [0.717, 1.165) is 38.5 Å². The van der Waals surface area contributed by atoms with Crippen LogP contribution in [0.25, 0.3) is 0 Å². The Balaban J connectivity index is 1.52. The number of rotatable bonds is 7. The summed E-state index contributed by atoms with van der Waals surface area (Å²) in [5.41, 5.74) is 0.444. The monoisotopic (exact) mass is 449 g/mol. The fraction of sp³-hybridized carbons (Fsp3) is 0.652. The van der Waals surface area contributed by atoms with Crippen molar-refractivity contribution in [2.75, 3.05) is 26.2 Å². The Labute approximate surface area is 186 Å². The number of hydrogen-bond donors (Lipinski definition) is 1. The molecule has 1 aliphatic carbocycles. The minimum Gasteiger partial charge on any atom is -0.349 e. The summed E-state index contributed by atoms with van der Waals surface area (Å²) in [5.74, 6) is 0.268. The quantitative estimate of drug-likeness (QED) is 0.693. The van der Waals surface area contributed by atoms with Crippen LogP contribution in [0.4, 0.5) is 0 Å². The van der Waals surface area contributed by atoms with Gasteiger partial charge in [0.25, 0.3) is 5.91 Å². The second kappa shape index (κ2) is 10.6. The van der Waals surface area contributed by atoms with Crippen LogP contribution in [0.5, 0.6) is 0 Å². The second-order valence-electron chi connectivity index (χ2n) is 8.52.